The molecule has 0 aromatic carbocycles. The van der Waals surface area contributed by atoms with Crippen LogP contribution in [-0.4, -0.2) is 23.3 Å². The molecule has 2 heterocycles. The molecule has 1 aromatic rings. The average molecular weight is 200 g/mol. The van der Waals surface area contributed by atoms with Gasteiger partial charge in [0.2, 0.25) is 5.43 Å². The maximum atomic E-state index is 11.2. The van der Waals surface area contributed by atoms with Crippen molar-refractivity contribution in [2.45, 2.75) is 12.8 Å². The highest BCUT2D eigenvalue weighted by molar-refractivity contribution is 6.32. The van der Waals surface area contributed by atoms with Crippen LogP contribution in [0.1, 0.15) is 12.8 Å². The maximum Gasteiger partial charge on any atom is 0.220 e. The van der Waals surface area contributed by atoms with Crippen LogP contribution in [-0.2, 0) is 0 Å². The molecule has 0 saturated carbocycles. The Hall–Kier alpha value is -1.03. The zero-order valence-corrected chi connectivity index (χ0v) is 7.84. The summed E-state index contributed by atoms with van der Waals surface area (Å²) in [5.41, 5.74) is -0.220. The van der Waals surface area contributed by atoms with Crippen LogP contribution < -0.4 is 10.3 Å². The molecule has 0 radical (unpaired) electrons. The Morgan fingerprint density at radius 2 is 2.15 bits per heavy atom. The SMILES string of the molecule is O=c1cn[nH]c(N2CCCC2)c1Cl. The van der Waals surface area contributed by atoms with E-state index in [0.29, 0.717) is 5.82 Å². The van der Waals surface area contributed by atoms with Crippen molar-refractivity contribution in [2.75, 3.05) is 18.0 Å². The molecular formula is C8H10ClN3O. The zero-order valence-electron chi connectivity index (χ0n) is 7.09. The van der Waals surface area contributed by atoms with Crippen LogP contribution in [0.15, 0.2) is 11.0 Å². The fourth-order valence-electron chi connectivity index (χ4n) is 1.52. The first-order valence-corrected chi connectivity index (χ1v) is 4.65. The molecular weight excluding hydrogens is 190 g/mol. The van der Waals surface area contributed by atoms with Gasteiger partial charge in [-0.1, -0.05) is 11.6 Å². The number of H-pyrrole nitrogens is 1. The monoisotopic (exact) mass is 199 g/mol. The van der Waals surface area contributed by atoms with Gasteiger partial charge in [0.1, 0.15) is 10.8 Å². The van der Waals surface area contributed by atoms with Gasteiger partial charge < -0.3 is 4.90 Å². The highest BCUT2D eigenvalue weighted by Crippen LogP contribution is 2.21. The molecule has 4 nitrogen and oxygen atoms in total. The first-order valence-electron chi connectivity index (χ1n) is 4.27. The van der Waals surface area contributed by atoms with Crippen LogP contribution in [0.25, 0.3) is 0 Å². The van der Waals surface area contributed by atoms with Crippen molar-refractivity contribution in [3.8, 4) is 0 Å². The minimum Gasteiger partial charge on any atom is -0.356 e. The second kappa shape index (κ2) is 3.38. The topological polar surface area (TPSA) is 49.0 Å². The fraction of sp³-hybridized carbons (Fsp3) is 0.500. The number of aromatic amines is 1. The molecule has 0 unspecified atom stereocenters. The van der Waals surface area contributed by atoms with Crippen LogP contribution in [0, 0.1) is 0 Å². The van der Waals surface area contributed by atoms with Gasteiger partial charge >= 0.3 is 0 Å². The Kier molecular flexibility index (Phi) is 2.22. The van der Waals surface area contributed by atoms with Gasteiger partial charge in [-0.2, -0.15) is 5.10 Å². The molecule has 1 aliphatic rings. The van der Waals surface area contributed by atoms with Crippen LogP contribution in [0.5, 0.6) is 0 Å². The molecule has 1 aliphatic heterocycles. The minimum atomic E-state index is -0.220. The Bertz CT molecular complexity index is 357. The Morgan fingerprint density at radius 1 is 1.46 bits per heavy atom. The summed E-state index contributed by atoms with van der Waals surface area (Å²) in [5, 5.41) is 6.74. The largest absolute Gasteiger partial charge is 0.356 e. The van der Waals surface area contributed by atoms with E-state index in [2.05, 4.69) is 15.1 Å². The van der Waals surface area contributed by atoms with Crippen molar-refractivity contribution >= 4 is 17.4 Å². The molecule has 70 valence electrons. The summed E-state index contributed by atoms with van der Waals surface area (Å²) in [5.74, 6) is 0.659. The third kappa shape index (κ3) is 1.54. The van der Waals surface area contributed by atoms with E-state index in [0.717, 1.165) is 25.9 Å². The molecule has 0 bridgehead atoms. The molecule has 1 N–H and O–H groups in total. The second-order valence-electron chi connectivity index (χ2n) is 3.09. The number of rotatable bonds is 1. The highest BCUT2D eigenvalue weighted by atomic mass is 35.5. The van der Waals surface area contributed by atoms with Gasteiger partial charge in [-0.3, -0.25) is 9.89 Å². The zero-order chi connectivity index (χ0) is 9.26. The van der Waals surface area contributed by atoms with Crippen molar-refractivity contribution in [2.24, 2.45) is 0 Å². The van der Waals surface area contributed by atoms with E-state index in [9.17, 15) is 4.79 Å². The second-order valence-corrected chi connectivity index (χ2v) is 3.47. The number of nitrogens with one attached hydrogen (secondary N) is 1. The van der Waals surface area contributed by atoms with Crippen molar-refractivity contribution in [1.29, 1.82) is 0 Å². The number of aromatic nitrogens is 2. The molecule has 1 fully saturated rings. The number of anilines is 1. The third-order valence-corrected chi connectivity index (χ3v) is 2.56. The maximum absolute atomic E-state index is 11.2. The van der Waals surface area contributed by atoms with Gasteiger partial charge in [-0.05, 0) is 12.8 Å². The summed E-state index contributed by atoms with van der Waals surface area (Å²) in [7, 11) is 0. The Labute approximate surface area is 80.5 Å². The summed E-state index contributed by atoms with van der Waals surface area (Å²) in [6.07, 6.45) is 3.49. The summed E-state index contributed by atoms with van der Waals surface area (Å²) in [6.45, 7) is 1.89. The van der Waals surface area contributed by atoms with E-state index in [4.69, 9.17) is 11.6 Å². The molecule has 0 atom stereocenters. The lowest BCUT2D eigenvalue weighted by Crippen LogP contribution is -2.22. The van der Waals surface area contributed by atoms with Gasteiger partial charge in [-0.25, -0.2) is 0 Å². The van der Waals surface area contributed by atoms with Crippen molar-refractivity contribution < 1.29 is 0 Å². The van der Waals surface area contributed by atoms with E-state index in [1.165, 1.54) is 6.20 Å². The summed E-state index contributed by atoms with van der Waals surface area (Å²) in [6, 6.07) is 0. The minimum absolute atomic E-state index is 0.220. The van der Waals surface area contributed by atoms with Crippen LogP contribution >= 0.6 is 11.6 Å². The average Bonchev–Trinajstić information content (AvgIpc) is 2.62. The normalized spacial score (nSPS) is 16.5. The van der Waals surface area contributed by atoms with E-state index in [1.54, 1.807) is 0 Å². The molecule has 5 heteroatoms. The van der Waals surface area contributed by atoms with Gasteiger partial charge in [0.15, 0.2) is 0 Å². The van der Waals surface area contributed by atoms with Crippen molar-refractivity contribution in [3.05, 3.63) is 21.4 Å². The van der Waals surface area contributed by atoms with E-state index >= 15 is 0 Å². The molecule has 0 amide bonds. The molecule has 2 rings (SSSR count). The van der Waals surface area contributed by atoms with Crippen LogP contribution in [0.4, 0.5) is 5.82 Å². The smallest absolute Gasteiger partial charge is 0.220 e. The first-order chi connectivity index (χ1) is 6.29. The quantitative estimate of drug-likeness (QED) is 0.735. The number of hydrogen-bond acceptors (Lipinski definition) is 3. The van der Waals surface area contributed by atoms with Crippen molar-refractivity contribution in [3.63, 3.8) is 0 Å². The van der Waals surface area contributed by atoms with Gasteiger partial charge in [0.05, 0.1) is 6.20 Å². The number of hydrogen-bond donors (Lipinski definition) is 1. The van der Waals surface area contributed by atoms with E-state index < -0.39 is 0 Å². The third-order valence-electron chi connectivity index (χ3n) is 2.20. The number of nitrogens with zero attached hydrogens (tertiary/aromatic N) is 2. The Morgan fingerprint density at radius 3 is 2.85 bits per heavy atom. The summed E-state index contributed by atoms with van der Waals surface area (Å²) >= 11 is 5.85. The molecule has 0 aliphatic carbocycles. The molecule has 1 saturated heterocycles. The fourth-order valence-corrected chi connectivity index (χ4v) is 1.74. The lowest BCUT2D eigenvalue weighted by Gasteiger charge is -2.16. The summed E-state index contributed by atoms with van der Waals surface area (Å²) < 4.78 is 0. The number of halogens is 1. The predicted octanol–water partition coefficient (Wildman–Crippen LogP) is 1.02. The standard InChI is InChI=1S/C8H10ClN3O/c9-7-6(13)5-10-11-8(7)12-3-1-2-4-12/h5H,1-4H2,(H,11,13). The van der Waals surface area contributed by atoms with E-state index in [-0.39, 0.29) is 10.5 Å². The molecule has 0 spiro atoms. The van der Waals surface area contributed by atoms with Gasteiger partial charge in [0.25, 0.3) is 0 Å². The van der Waals surface area contributed by atoms with Crippen LogP contribution in [0.2, 0.25) is 5.02 Å². The lowest BCUT2D eigenvalue weighted by atomic mass is 10.4. The predicted molar refractivity (Wildman–Crippen MR) is 51.3 cm³/mol. The first kappa shape index (κ1) is 8.56. The lowest BCUT2D eigenvalue weighted by molar-refractivity contribution is 0.889. The van der Waals surface area contributed by atoms with Gasteiger partial charge in [-0.15, -0.1) is 0 Å². The Balaban J connectivity index is 2.39. The highest BCUT2D eigenvalue weighted by Gasteiger charge is 2.16. The van der Waals surface area contributed by atoms with Crippen LogP contribution in [0.3, 0.4) is 0 Å². The van der Waals surface area contributed by atoms with E-state index in [1.807, 2.05) is 0 Å². The van der Waals surface area contributed by atoms with Crippen molar-refractivity contribution in [1.82, 2.24) is 10.2 Å². The summed E-state index contributed by atoms with van der Waals surface area (Å²) in [4.78, 5) is 13.2. The molecule has 13 heavy (non-hydrogen) atoms. The molecule has 1 aromatic heterocycles. The van der Waals surface area contributed by atoms with Gasteiger partial charge in [0, 0.05) is 13.1 Å².